The van der Waals surface area contributed by atoms with Crippen molar-refractivity contribution in [2.75, 3.05) is 11.0 Å². The number of unbranched alkanes of at least 4 members (excludes halogenated alkanes) is 4. The Labute approximate surface area is 104 Å². The van der Waals surface area contributed by atoms with Crippen molar-refractivity contribution >= 4 is 45.2 Å². The SMILES string of the molecule is NCC(I)CCCCCCCI. The monoisotopic (exact) mass is 395 g/mol. The van der Waals surface area contributed by atoms with Gasteiger partial charge in [-0.1, -0.05) is 70.9 Å². The first-order chi connectivity index (χ1) is 5.81. The molecule has 1 nitrogen and oxygen atoms in total. The first kappa shape index (κ1) is 13.4. The largest absolute Gasteiger partial charge is 0.329 e. The number of hydrogen-bond acceptors (Lipinski definition) is 1. The van der Waals surface area contributed by atoms with E-state index in [0.29, 0.717) is 3.92 Å². The van der Waals surface area contributed by atoms with Gasteiger partial charge in [0.2, 0.25) is 0 Å². The molecule has 0 radical (unpaired) electrons. The van der Waals surface area contributed by atoms with Crippen LogP contribution >= 0.6 is 45.2 Å². The number of halogens is 2. The average molecular weight is 395 g/mol. The van der Waals surface area contributed by atoms with Crippen LogP contribution < -0.4 is 5.73 Å². The molecule has 0 saturated heterocycles. The molecule has 0 fully saturated rings. The molecule has 0 aromatic heterocycles. The highest BCUT2D eigenvalue weighted by Crippen LogP contribution is 2.12. The Morgan fingerprint density at radius 3 is 2.17 bits per heavy atom. The molecule has 0 heterocycles. The van der Waals surface area contributed by atoms with Crippen molar-refractivity contribution in [3.8, 4) is 0 Å². The molecule has 0 aliphatic heterocycles. The van der Waals surface area contributed by atoms with E-state index in [0.717, 1.165) is 6.54 Å². The summed E-state index contributed by atoms with van der Waals surface area (Å²) in [7, 11) is 0. The van der Waals surface area contributed by atoms with Gasteiger partial charge in [-0.05, 0) is 17.3 Å². The molecule has 0 amide bonds. The number of nitrogens with two attached hydrogens (primary N) is 1. The highest BCUT2D eigenvalue weighted by atomic mass is 127. The number of hydrogen-bond donors (Lipinski definition) is 1. The Bertz CT molecular complexity index is 88.6. The molecular formula is C9H19I2N. The summed E-state index contributed by atoms with van der Waals surface area (Å²) in [5.41, 5.74) is 5.53. The third-order valence-electron chi connectivity index (χ3n) is 1.91. The third kappa shape index (κ3) is 9.51. The predicted octanol–water partition coefficient (Wildman–Crippen LogP) is 3.52. The van der Waals surface area contributed by atoms with Crippen LogP contribution in [0.2, 0.25) is 0 Å². The zero-order chi connectivity index (χ0) is 9.23. The summed E-state index contributed by atoms with van der Waals surface area (Å²) in [6.07, 6.45) is 8.29. The van der Waals surface area contributed by atoms with Crippen molar-refractivity contribution in [2.24, 2.45) is 5.73 Å². The van der Waals surface area contributed by atoms with E-state index in [-0.39, 0.29) is 0 Å². The zero-order valence-corrected chi connectivity index (χ0v) is 11.9. The lowest BCUT2D eigenvalue weighted by Gasteiger charge is -2.05. The Kier molecular flexibility index (Phi) is 11.7. The molecule has 74 valence electrons. The van der Waals surface area contributed by atoms with Crippen molar-refractivity contribution in [1.82, 2.24) is 0 Å². The maximum absolute atomic E-state index is 5.53. The van der Waals surface area contributed by atoms with E-state index in [9.17, 15) is 0 Å². The van der Waals surface area contributed by atoms with Crippen LogP contribution in [0.4, 0.5) is 0 Å². The van der Waals surface area contributed by atoms with Crippen molar-refractivity contribution < 1.29 is 0 Å². The minimum Gasteiger partial charge on any atom is -0.329 e. The first-order valence-electron chi connectivity index (χ1n) is 4.71. The molecule has 0 saturated carbocycles. The van der Waals surface area contributed by atoms with Gasteiger partial charge in [-0.2, -0.15) is 0 Å². The fraction of sp³-hybridized carbons (Fsp3) is 1.00. The minimum atomic E-state index is 0.701. The van der Waals surface area contributed by atoms with Crippen molar-refractivity contribution in [3.63, 3.8) is 0 Å². The summed E-state index contributed by atoms with van der Waals surface area (Å²) in [6, 6.07) is 0. The topological polar surface area (TPSA) is 26.0 Å². The summed E-state index contributed by atoms with van der Waals surface area (Å²) in [6.45, 7) is 0.842. The van der Waals surface area contributed by atoms with Gasteiger partial charge >= 0.3 is 0 Å². The Hall–Kier alpha value is 1.42. The second kappa shape index (κ2) is 10.5. The van der Waals surface area contributed by atoms with Gasteiger partial charge in [-0.3, -0.25) is 0 Å². The number of alkyl halides is 2. The number of rotatable bonds is 8. The van der Waals surface area contributed by atoms with Crippen LogP contribution in [0, 0.1) is 0 Å². The van der Waals surface area contributed by atoms with Crippen molar-refractivity contribution in [3.05, 3.63) is 0 Å². The lowest BCUT2D eigenvalue weighted by atomic mass is 10.1. The van der Waals surface area contributed by atoms with Gasteiger partial charge in [-0.15, -0.1) is 0 Å². The van der Waals surface area contributed by atoms with Crippen LogP contribution in [0.3, 0.4) is 0 Å². The molecule has 0 aromatic carbocycles. The second-order valence-corrected chi connectivity index (χ2v) is 5.92. The molecule has 0 bridgehead atoms. The van der Waals surface area contributed by atoms with Gasteiger partial charge in [0.15, 0.2) is 0 Å². The van der Waals surface area contributed by atoms with Crippen LogP contribution in [-0.4, -0.2) is 14.9 Å². The minimum absolute atomic E-state index is 0.701. The Balaban J connectivity index is 2.90. The highest BCUT2D eigenvalue weighted by molar-refractivity contribution is 14.1. The fourth-order valence-electron chi connectivity index (χ4n) is 1.11. The quantitative estimate of drug-likeness (QED) is 0.380. The normalized spacial score (nSPS) is 13.2. The van der Waals surface area contributed by atoms with E-state index in [2.05, 4.69) is 45.2 Å². The molecule has 3 heteroatoms. The molecule has 2 N–H and O–H groups in total. The first-order valence-corrected chi connectivity index (χ1v) is 7.48. The van der Waals surface area contributed by atoms with E-state index in [1.165, 1.54) is 43.0 Å². The Morgan fingerprint density at radius 2 is 1.58 bits per heavy atom. The zero-order valence-electron chi connectivity index (χ0n) is 7.57. The van der Waals surface area contributed by atoms with E-state index >= 15 is 0 Å². The maximum Gasteiger partial charge on any atom is 0.0232 e. The van der Waals surface area contributed by atoms with E-state index in [1.54, 1.807) is 0 Å². The molecule has 0 aliphatic carbocycles. The summed E-state index contributed by atoms with van der Waals surface area (Å²) >= 11 is 4.90. The predicted molar refractivity (Wildman–Crippen MR) is 73.5 cm³/mol. The summed E-state index contributed by atoms with van der Waals surface area (Å²) < 4.78 is 2.02. The molecule has 1 atom stereocenters. The average Bonchev–Trinajstić information content (AvgIpc) is 2.10. The summed E-state index contributed by atoms with van der Waals surface area (Å²) in [5, 5.41) is 0. The van der Waals surface area contributed by atoms with Crippen LogP contribution in [-0.2, 0) is 0 Å². The lowest BCUT2D eigenvalue weighted by molar-refractivity contribution is 0.607. The van der Waals surface area contributed by atoms with Gasteiger partial charge in [0.1, 0.15) is 0 Å². The molecule has 12 heavy (non-hydrogen) atoms. The third-order valence-corrected chi connectivity index (χ3v) is 3.80. The maximum atomic E-state index is 5.53. The second-order valence-electron chi connectivity index (χ2n) is 3.08. The van der Waals surface area contributed by atoms with E-state index in [1.807, 2.05) is 0 Å². The molecule has 0 aromatic rings. The van der Waals surface area contributed by atoms with Gasteiger partial charge < -0.3 is 5.73 Å². The van der Waals surface area contributed by atoms with Gasteiger partial charge in [0, 0.05) is 10.5 Å². The van der Waals surface area contributed by atoms with Crippen molar-refractivity contribution in [2.45, 2.75) is 42.4 Å². The van der Waals surface area contributed by atoms with Crippen LogP contribution in [0.5, 0.6) is 0 Å². The molecule has 1 unspecified atom stereocenters. The van der Waals surface area contributed by atoms with Gasteiger partial charge in [0.05, 0.1) is 0 Å². The van der Waals surface area contributed by atoms with Crippen LogP contribution in [0.1, 0.15) is 38.5 Å². The fourth-order valence-corrected chi connectivity index (χ4v) is 2.09. The van der Waals surface area contributed by atoms with Gasteiger partial charge in [-0.25, -0.2) is 0 Å². The molecule has 0 aliphatic rings. The lowest BCUT2D eigenvalue weighted by Crippen LogP contribution is -2.12. The standard InChI is InChI=1S/C9H19I2N/c10-7-5-3-1-2-4-6-9(11)8-12/h9H,1-8,12H2. The van der Waals surface area contributed by atoms with E-state index in [4.69, 9.17) is 5.73 Å². The molecular weight excluding hydrogens is 376 g/mol. The smallest absolute Gasteiger partial charge is 0.0232 e. The van der Waals surface area contributed by atoms with E-state index < -0.39 is 0 Å². The summed E-state index contributed by atoms with van der Waals surface area (Å²) in [4.78, 5) is 0. The highest BCUT2D eigenvalue weighted by Gasteiger charge is 1.99. The van der Waals surface area contributed by atoms with Crippen LogP contribution in [0.15, 0.2) is 0 Å². The summed E-state index contributed by atoms with van der Waals surface area (Å²) in [5.74, 6) is 0. The Morgan fingerprint density at radius 1 is 1.00 bits per heavy atom. The molecule has 0 rings (SSSR count). The van der Waals surface area contributed by atoms with Gasteiger partial charge in [0.25, 0.3) is 0 Å². The van der Waals surface area contributed by atoms with Crippen molar-refractivity contribution in [1.29, 1.82) is 0 Å². The van der Waals surface area contributed by atoms with Crippen LogP contribution in [0.25, 0.3) is 0 Å². The molecule has 0 spiro atoms.